The minimum absolute atomic E-state index is 0.0261. The highest BCUT2D eigenvalue weighted by molar-refractivity contribution is 7.90. The molecule has 0 radical (unpaired) electrons. The molecule has 1 saturated heterocycles. The molecular formula is C44H56FN5O6S. The summed E-state index contributed by atoms with van der Waals surface area (Å²) in [4.78, 5) is 28.1. The first-order valence-electron chi connectivity index (χ1n) is 19.5. The van der Waals surface area contributed by atoms with Gasteiger partial charge in [0, 0.05) is 50.6 Å². The Morgan fingerprint density at radius 3 is 2.00 bits per heavy atom. The quantitative estimate of drug-likeness (QED) is 0.147. The van der Waals surface area contributed by atoms with E-state index >= 15 is 4.39 Å². The number of hydrogen-bond acceptors (Lipinski definition) is 10. The Morgan fingerprint density at radius 2 is 1.49 bits per heavy atom. The molecule has 3 atom stereocenters. The first-order chi connectivity index (χ1) is 26.9. The summed E-state index contributed by atoms with van der Waals surface area (Å²) in [5.41, 5.74) is 5.81. The van der Waals surface area contributed by atoms with E-state index in [4.69, 9.17) is 14.2 Å². The normalized spacial score (nSPS) is 18.5. The highest BCUT2D eigenvalue weighted by atomic mass is 32.2. The van der Waals surface area contributed by atoms with E-state index in [0.717, 1.165) is 45.6 Å². The van der Waals surface area contributed by atoms with Gasteiger partial charge in [-0.3, -0.25) is 0 Å². The second-order valence-electron chi connectivity index (χ2n) is 16.6. The number of carbonyl (C=O) groups excluding carboxylic acids is 1. The van der Waals surface area contributed by atoms with Gasteiger partial charge in [0.2, 0.25) is 15.0 Å². The number of halogens is 1. The number of sulfone groups is 1. The smallest absolute Gasteiger partial charge is 0.410 e. The van der Waals surface area contributed by atoms with Crippen LogP contribution in [0.5, 0.6) is 11.5 Å². The van der Waals surface area contributed by atoms with Crippen LogP contribution in [0.4, 0.5) is 20.7 Å². The molecule has 4 aromatic rings. The minimum Gasteiger partial charge on any atom is -0.497 e. The lowest BCUT2D eigenvalue weighted by Gasteiger charge is -2.42. The molecule has 0 N–H and O–H groups in total. The van der Waals surface area contributed by atoms with E-state index in [-0.39, 0.29) is 34.9 Å². The zero-order valence-corrected chi connectivity index (χ0v) is 35.7. The van der Waals surface area contributed by atoms with Crippen LogP contribution in [0.15, 0.2) is 59.8 Å². The standard InChI is InChI=1S/C44H56FN5O6S/c1-27-22-38(49(25-31-11-15-33(54-8)16-12-31)26-32-13-17-34(55-9)18-14-32)40(45)39(30(27)4)35-23-37-36(21-28(35)2)41(47-42(46-37)57(10,52)53)50-20-19-48(24-29(50)3)43(51)56-44(5,6)7/h11-18,22,28-29,35H,19-21,23-26H2,1-10H3/t28?,29-,35?/m0/s1. The van der Waals surface area contributed by atoms with E-state index in [1.165, 1.54) is 0 Å². The van der Waals surface area contributed by atoms with Gasteiger partial charge >= 0.3 is 6.09 Å². The van der Waals surface area contributed by atoms with E-state index in [9.17, 15) is 13.2 Å². The third kappa shape index (κ3) is 9.29. The summed E-state index contributed by atoms with van der Waals surface area (Å²) in [6, 6.07) is 17.4. The van der Waals surface area contributed by atoms with Gasteiger partial charge in [0.15, 0.2) is 0 Å². The van der Waals surface area contributed by atoms with Gasteiger partial charge in [-0.25, -0.2) is 27.6 Å². The second kappa shape index (κ2) is 16.5. The van der Waals surface area contributed by atoms with Gasteiger partial charge in [-0.15, -0.1) is 0 Å². The van der Waals surface area contributed by atoms with E-state index in [1.54, 1.807) is 19.1 Å². The molecule has 0 saturated carbocycles. The van der Waals surface area contributed by atoms with Crippen LogP contribution >= 0.6 is 0 Å². The summed E-state index contributed by atoms with van der Waals surface area (Å²) >= 11 is 0. The Balaban J connectivity index is 1.38. The van der Waals surface area contributed by atoms with Crippen LogP contribution in [-0.4, -0.2) is 81.1 Å². The van der Waals surface area contributed by atoms with Crippen LogP contribution in [-0.2, 0) is 40.5 Å². The summed E-state index contributed by atoms with van der Waals surface area (Å²) < 4.78 is 60.2. The molecule has 1 aliphatic heterocycles. The van der Waals surface area contributed by atoms with Gasteiger partial charge in [-0.05, 0) is 124 Å². The predicted molar refractivity (Wildman–Crippen MR) is 221 cm³/mol. The van der Waals surface area contributed by atoms with Crippen LogP contribution in [0.2, 0.25) is 0 Å². The van der Waals surface area contributed by atoms with Crippen LogP contribution in [0.1, 0.15) is 79.6 Å². The maximum absolute atomic E-state index is 17.6. The average Bonchev–Trinajstić information content (AvgIpc) is 3.15. The molecule has 1 aromatic heterocycles. The largest absolute Gasteiger partial charge is 0.497 e. The minimum atomic E-state index is -3.79. The van der Waals surface area contributed by atoms with E-state index in [1.807, 2.05) is 96.1 Å². The lowest BCUT2D eigenvalue weighted by molar-refractivity contribution is 0.0218. The molecule has 6 rings (SSSR count). The molecular weight excluding hydrogens is 746 g/mol. The van der Waals surface area contributed by atoms with Gasteiger partial charge in [0.1, 0.15) is 28.7 Å². The third-order valence-electron chi connectivity index (χ3n) is 11.1. The highest BCUT2D eigenvalue weighted by Crippen LogP contribution is 2.44. The Bertz CT molecular complexity index is 2160. The topological polar surface area (TPSA) is 114 Å². The molecule has 57 heavy (non-hydrogen) atoms. The number of carbonyl (C=O) groups is 1. The molecule has 3 aromatic carbocycles. The van der Waals surface area contributed by atoms with Gasteiger partial charge in [0.05, 0.1) is 25.6 Å². The fourth-order valence-electron chi connectivity index (χ4n) is 7.99. The maximum Gasteiger partial charge on any atom is 0.410 e. The van der Waals surface area contributed by atoms with Crippen molar-refractivity contribution in [1.82, 2.24) is 14.9 Å². The number of piperazine rings is 1. The number of hydrogen-bond donors (Lipinski definition) is 0. The average molecular weight is 802 g/mol. The molecule has 13 heteroatoms. The van der Waals surface area contributed by atoms with Gasteiger partial charge in [-0.1, -0.05) is 31.2 Å². The van der Waals surface area contributed by atoms with Crippen molar-refractivity contribution in [3.8, 4) is 11.5 Å². The van der Waals surface area contributed by atoms with Crippen molar-refractivity contribution >= 4 is 27.4 Å². The number of benzene rings is 3. The number of ether oxygens (including phenoxy) is 3. The second-order valence-corrected chi connectivity index (χ2v) is 18.5. The van der Waals surface area contributed by atoms with Crippen molar-refractivity contribution in [3.05, 3.63) is 99.5 Å². The number of rotatable bonds is 10. The molecule has 306 valence electrons. The maximum atomic E-state index is 17.6. The van der Waals surface area contributed by atoms with Crippen molar-refractivity contribution in [2.45, 2.75) is 97.1 Å². The first kappa shape index (κ1) is 41.7. The summed E-state index contributed by atoms with van der Waals surface area (Å²) in [5.74, 6) is 1.46. The number of nitrogens with zero attached hydrogens (tertiary/aromatic N) is 5. The Hall–Kier alpha value is -4.91. The van der Waals surface area contributed by atoms with E-state index in [2.05, 4.69) is 26.7 Å². The van der Waals surface area contributed by atoms with Crippen LogP contribution in [0, 0.1) is 25.6 Å². The predicted octanol–water partition coefficient (Wildman–Crippen LogP) is 7.82. The van der Waals surface area contributed by atoms with Crippen molar-refractivity contribution in [2.24, 2.45) is 5.92 Å². The molecule has 2 aliphatic rings. The van der Waals surface area contributed by atoms with E-state index in [0.29, 0.717) is 68.3 Å². The summed E-state index contributed by atoms with van der Waals surface area (Å²) in [6.45, 7) is 15.7. The molecule has 0 spiro atoms. The van der Waals surface area contributed by atoms with E-state index < -0.39 is 15.4 Å². The number of anilines is 2. The molecule has 0 bridgehead atoms. The van der Waals surface area contributed by atoms with Crippen LogP contribution in [0.25, 0.3) is 0 Å². The lowest BCUT2D eigenvalue weighted by Crippen LogP contribution is -2.55. The number of fused-ring (bicyclic) bond motifs is 1. The molecule has 11 nitrogen and oxygen atoms in total. The summed E-state index contributed by atoms with van der Waals surface area (Å²) in [7, 11) is -0.533. The Labute approximate surface area is 337 Å². The number of aromatic nitrogens is 2. The van der Waals surface area contributed by atoms with Crippen LogP contribution in [0.3, 0.4) is 0 Å². The Morgan fingerprint density at radius 1 is 0.912 bits per heavy atom. The fraction of sp³-hybridized carbons (Fsp3) is 0.477. The molecule has 2 heterocycles. The Kier molecular flexibility index (Phi) is 12.1. The SMILES string of the molecule is COc1ccc(CN(Cc2ccc(OC)cc2)c2cc(C)c(C)c(C3Cc4nc(S(C)(=O)=O)nc(N5CCN(C(=O)OC(C)(C)C)C[C@@H]5C)c4CC3C)c2F)cc1. The van der Waals surface area contributed by atoms with Crippen LogP contribution < -0.4 is 19.3 Å². The number of methoxy groups -OCH3 is 2. The zero-order valence-electron chi connectivity index (χ0n) is 34.8. The summed E-state index contributed by atoms with van der Waals surface area (Å²) in [5, 5.41) is -0.251. The van der Waals surface area contributed by atoms with Crippen molar-refractivity contribution < 1.29 is 31.8 Å². The molecule has 1 amide bonds. The molecule has 1 aliphatic carbocycles. The lowest BCUT2D eigenvalue weighted by atomic mass is 9.73. The third-order valence-corrected chi connectivity index (χ3v) is 12.0. The van der Waals surface area contributed by atoms with Crippen molar-refractivity contribution in [2.75, 3.05) is 49.9 Å². The van der Waals surface area contributed by atoms with Crippen molar-refractivity contribution in [1.29, 1.82) is 0 Å². The van der Waals surface area contributed by atoms with Gasteiger partial charge < -0.3 is 28.9 Å². The van der Waals surface area contributed by atoms with Gasteiger partial charge in [0.25, 0.3) is 0 Å². The first-order valence-corrected chi connectivity index (χ1v) is 21.4. The van der Waals surface area contributed by atoms with Gasteiger partial charge in [-0.2, -0.15) is 0 Å². The van der Waals surface area contributed by atoms with Crippen molar-refractivity contribution in [3.63, 3.8) is 0 Å². The highest BCUT2D eigenvalue weighted by Gasteiger charge is 2.38. The number of aryl methyl sites for hydroxylation is 1. The number of amides is 1. The monoisotopic (exact) mass is 801 g/mol. The summed E-state index contributed by atoms with van der Waals surface area (Å²) in [6.07, 6.45) is 1.61. The fourth-order valence-corrected chi connectivity index (χ4v) is 8.52. The zero-order chi connectivity index (χ0) is 41.4. The molecule has 2 unspecified atom stereocenters. The molecule has 1 fully saturated rings.